The zero-order valence-electron chi connectivity index (χ0n) is 19.7. The Morgan fingerprint density at radius 2 is 1.84 bits per heavy atom. The highest BCUT2D eigenvalue weighted by Crippen LogP contribution is 2.56. The number of carbonyl (C=O) groups is 3. The summed E-state index contributed by atoms with van der Waals surface area (Å²) in [5.74, 6) is -0.840. The van der Waals surface area contributed by atoms with Crippen LogP contribution in [0, 0.1) is 11.8 Å². The molecule has 2 aliphatic rings. The van der Waals surface area contributed by atoms with Gasteiger partial charge in [0.2, 0.25) is 11.8 Å². The van der Waals surface area contributed by atoms with Crippen molar-refractivity contribution in [3.63, 3.8) is 0 Å². The van der Waals surface area contributed by atoms with Gasteiger partial charge in [-0.05, 0) is 37.3 Å². The van der Waals surface area contributed by atoms with Gasteiger partial charge in [0.25, 0.3) is 5.91 Å². The average Bonchev–Trinajstić information content (AvgIpc) is 3.18. The van der Waals surface area contributed by atoms with Crippen LogP contribution in [0.5, 0.6) is 0 Å². The van der Waals surface area contributed by atoms with Gasteiger partial charge in [0.05, 0.1) is 12.6 Å². The highest BCUT2D eigenvalue weighted by molar-refractivity contribution is 8.01. The number of carbonyl (C=O) groups excluding carboxylic acids is 3. The van der Waals surface area contributed by atoms with E-state index < -0.39 is 16.8 Å². The maximum Gasteiger partial charge on any atom is 0.256 e. The number of nitrogens with one attached hydrogen (secondary N) is 2. The average molecular weight is 462 g/mol. The molecule has 7 nitrogen and oxygen atoms in total. The molecule has 0 aliphatic carbocycles. The lowest BCUT2D eigenvalue weighted by molar-refractivity contribution is -0.133. The van der Waals surface area contributed by atoms with Crippen molar-refractivity contribution in [2.45, 2.75) is 76.2 Å². The first-order valence-electron chi connectivity index (χ1n) is 11.3. The number of amides is 3. The van der Waals surface area contributed by atoms with Crippen LogP contribution in [-0.4, -0.2) is 57.2 Å². The normalized spacial score (nSPS) is 24.0. The molecule has 8 heteroatoms. The summed E-state index contributed by atoms with van der Waals surface area (Å²) in [6.45, 7) is 11.5. The van der Waals surface area contributed by atoms with Gasteiger partial charge in [-0.15, -0.1) is 11.8 Å². The smallest absolute Gasteiger partial charge is 0.256 e. The molecule has 3 amide bonds. The van der Waals surface area contributed by atoms with Crippen molar-refractivity contribution < 1.29 is 19.5 Å². The predicted octanol–water partition coefficient (Wildman–Crippen LogP) is 2.70. The summed E-state index contributed by atoms with van der Waals surface area (Å²) in [6.07, 6.45) is 0.816. The molecule has 1 aromatic carbocycles. The standard InChI is InChI=1S/C24H35N3O4S/c1-7-14(4)17(12-28)25-20(29)18(13(2)3)26-21(30)19-24(5,6)32-23-16-11-9-8-10-15(16)22(31)27(19)23/h8-11,13-14,17-19,23,28H,7,12H2,1-6H3,(H,25,29)(H,26,30)/t14-,17-,18+,19+,23-/m0/s1. The van der Waals surface area contributed by atoms with Crippen LogP contribution in [0.2, 0.25) is 0 Å². The maximum atomic E-state index is 13.5. The van der Waals surface area contributed by atoms with Gasteiger partial charge in [-0.3, -0.25) is 14.4 Å². The SMILES string of the molecule is CC[C@H](C)[C@H](CO)NC(=O)[C@H](NC(=O)[C@H]1N2C(=O)c3ccccc3[C@@H]2SC1(C)C)C(C)C. The molecule has 0 aromatic heterocycles. The summed E-state index contributed by atoms with van der Waals surface area (Å²) in [5, 5.41) is 15.3. The summed E-state index contributed by atoms with van der Waals surface area (Å²) in [7, 11) is 0. The van der Waals surface area contributed by atoms with E-state index in [-0.39, 0.29) is 47.6 Å². The zero-order chi connectivity index (χ0) is 23.8. The van der Waals surface area contributed by atoms with Gasteiger partial charge in [-0.1, -0.05) is 52.3 Å². The summed E-state index contributed by atoms with van der Waals surface area (Å²) in [6, 6.07) is 5.64. The van der Waals surface area contributed by atoms with Crippen LogP contribution >= 0.6 is 11.8 Å². The number of thioether (sulfide) groups is 1. The maximum absolute atomic E-state index is 13.5. The van der Waals surface area contributed by atoms with E-state index in [1.54, 1.807) is 22.7 Å². The number of rotatable bonds is 8. The monoisotopic (exact) mass is 461 g/mol. The van der Waals surface area contributed by atoms with E-state index in [1.165, 1.54) is 0 Å². The molecule has 0 spiro atoms. The lowest BCUT2D eigenvalue weighted by atomic mass is 9.96. The minimum absolute atomic E-state index is 0.110. The van der Waals surface area contributed by atoms with Gasteiger partial charge in [-0.2, -0.15) is 0 Å². The van der Waals surface area contributed by atoms with E-state index in [4.69, 9.17) is 0 Å². The second-order valence-corrected chi connectivity index (χ2v) is 11.4. The van der Waals surface area contributed by atoms with E-state index in [2.05, 4.69) is 10.6 Å². The van der Waals surface area contributed by atoms with Crippen LogP contribution in [0.4, 0.5) is 0 Å². The first-order chi connectivity index (χ1) is 15.0. The second kappa shape index (κ2) is 9.43. The largest absolute Gasteiger partial charge is 0.394 e. The zero-order valence-corrected chi connectivity index (χ0v) is 20.5. The Kier molecular flexibility index (Phi) is 7.25. The third-order valence-corrected chi connectivity index (χ3v) is 8.18. The van der Waals surface area contributed by atoms with E-state index in [0.717, 1.165) is 12.0 Å². The Labute approximate surface area is 194 Å². The third-order valence-electron chi connectivity index (χ3n) is 6.65. The molecule has 0 saturated carbocycles. The molecule has 176 valence electrons. The Morgan fingerprint density at radius 3 is 2.44 bits per heavy atom. The van der Waals surface area contributed by atoms with Crippen molar-refractivity contribution in [3.05, 3.63) is 35.4 Å². The lowest BCUT2D eigenvalue weighted by Crippen LogP contribution is -2.59. The van der Waals surface area contributed by atoms with E-state index >= 15 is 0 Å². The van der Waals surface area contributed by atoms with Crippen molar-refractivity contribution in [1.82, 2.24) is 15.5 Å². The van der Waals surface area contributed by atoms with Crippen LogP contribution in [0.1, 0.15) is 69.3 Å². The molecule has 2 heterocycles. The van der Waals surface area contributed by atoms with Crippen molar-refractivity contribution in [2.24, 2.45) is 11.8 Å². The fraction of sp³-hybridized carbons (Fsp3) is 0.625. The minimum atomic E-state index is -0.763. The molecule has 5 atom stereocenters. The van der Waals surface area contributed by atoms with Gasteiger partial charge < -0.3 is 20.6 Å². The Morgan fingerprint density at radius 1 is 1.19 bits per heavy atom. The lowest BCUT2D eigenvalue weighted by Gasteiger charge is -2.32. The number of benzene rings is 1. The van der Waals surface area contributed by atoms with Crippen molar-refractivity contribution in [3.8, 4) is 0 Å². The Balaban J connectivity index is 1.81. The van der Waals surface area contributed by atoms with Gasteiger partial charge in [0.1, 0.15) is 17.5 Å². The molecular weight excluding hydrogens is 426 g/mol. The van der Waals surface area contributed by atoms with Crippen LogP contribution in [0.25, 0.3) is 0 Å². The number of fused-ring (bicyclic) bond motifs is 3. The van der Waals surface area contributed by atoms with Gasteiger partial charge in [0.15, 0.2) is 0 Å². The summed E-state index contributed by atoms with van der Waals surface area (Å²) in [4.78, 5) is 41.4. The molecule has 0 unspecified atom stereocenters. The molecule has 0 bridgehead atoms. The number of nitrogens with zero attached hydrogens (tertiary/aromatic N) is 1. The molecule has 2 aliphatic heterocycles. The quantitative estimate of drug-likeness (QED) is 0.553. The van der Waals surface area contributed by atoms with Gasteiger partial charge in [-0.25, -0.2) is 0 Å². The fourth-order valence-corrected chi connectivity index (χ4v) is 6.09. The van der Waals surface area contributed by atoms with Crippen molar-refractivity contribution in [1.29, 1.82) is 0 Å². The van der Waals surface area contributed by atoms with Crippen LogP contribution in [0.15, 0.2) is 24.3 Å². The van der Waals surface area contributed by atoms with Crippen LogP contribution in [0.3, 0.4) is 0 Å². The predicted molar refractivity (Wildman–Crippen MR) is 126 cm³/mol. The number of aliphatic hydroxyl groups is 1. The first kappa shape index (κ1) is 24.6. The molecule has 32 heavy (non-hydrogen) atoms. The van der Waals surface area contributed by atoms with E-state index in [0.29, 0.717) is 5.56 Å². The Bertz CT molecular complexity index is 888. The van der Waals surface area contributed by atoms with Crippen molar-refractivity contribution in [2.75, 3.05) is 6.61 Å². The molecule has 0 radical (unpaired) electrons. The summed E-state index contributed by atoms with van der Waals surface area (Å²) < 4.78 is -0.514. The molecule has 1 fully saturated rings. The van der Waals surface area contributed by atoms with Crippen LogP contribution < -0.4 is 10.6 Å². The Hall–Kier alpha value is -2.06. The summed E-state index contributed by atoms with van der Waals surface area (Å²) in [5.41, 5.74) is 1.57. The van der Waals surface area contributed by atoms with Gasteiger partial charge in [0, 0.05) is 10.3 Å². The number of aliphatic hydroxyl groups excluding tert-OH is 1. The van der Waals surface area contributed by atoms with E-state index in [9.17, 15) is 19.5 Å². The highest BCUT2D eigenvalue weighted by Gasteiger charge is 2.57. The topological polar surface area (TPSA) is 98.7 Å². The number of hydrogen-bond acceptors (Lipinski definition) is 5. The summed E-state index contributed by atoms with van der Waals surface area (Å²) >= 11 is 1.60. The molecule has 3 N–H and O–H groups in total. The fourth-order valence-electron chi connectivity index (χ4n) is 4.50. The highest BCUT2D eigenvalue weighted by atomic mass is 32.2. The molecule has 3 rings (SSSR count). The van der Waals surface area contributed by atoms with Crippen LogP contribution in [-0.2, 0) is 9.59 Å². The van der Waals surface area contributed by atoms with Crippen molar-refractivity contribution >= 4 is 29.5 Å². The van der Waals surface area contributed by atoms with Gasteiger partial charge >= 0.3 is 0 Å². The number of hydrogen-bond donors (Lipinski definition) is 3. The first-order valence-corrected chi connectivity index (χ1v) is 12.2. The molecule has 1 aromatic rings. The minimum Gasteiger partial charge on any atom is -0.394 e. The molecular formula is C24H35N3O4S. The second-order valence-electron chi connectivity index (χ2n) is 9.69. The third kappa shape index (κ3) is 4.39. The molecule has 1 saturated heterocycles. The van der Waals surface area contributed by atoms with E-state index in [1.807, 2.05) is 59.7 Å².